The van der Waals surface area contributed by atoms with E-state index in [4.69, 9.17) is 21.1 Å². The summed E-state index contributed by atoms with van der Waals surface area (Å²) >= 11 is 5.92. The minimum atomic E-state index is -4.12. The number of methoxy groups -OCH3 is 1. The molecule has 1 heterocycles. The second kappa shape index (κ2) is 7.93. The highest BCUT2D eigenvalue weighted by Gasteiger charge is 2.45. The average Bonchev–Trinajstić information content (AvgIpc) is 2.66. The van der Waals surface area contributed by atoms with Crippen LogP contribution in [0.25, 0.3) is 0 Å². The minimum Gasteiger partial charge on any atom is -0.476 e. The van der Waals surface area contributed by atoms with Crippen LogP contribution in [0.2, 0.25) is 5.02 Å². The van der Waals surface area contributed by atoms with Crippen LogP contribution in [0.5, 0.6) is 5.75 Å². The molecule has 0 amide bonds. The molecule has 0 saturated heterocycles. The van der Waals surface area contributed by atoms with E-state index in [9.17, 15) is 17.6 Å². The first kappa shape index (κ1) is 21.5. The highest BCUT2D eigenvalue weighted by atomic mass is 35.5. The summed E-state index contributed by atoms with van der Waals surface area (Å²) in [5, 5.41) is 0.322. The van der Waals surface area contributed by atoms with Gasteiger partial charge in [0.2, 0.25) is 10.0 Å². The molecule has 1 aliphatic heterocycles. The molecule has 1 unspecified atom stereocenters. The summed E-state index contributed by atoms with van der Waals surface area (Å²) in [7, 11) is -2.96. The first-order valence-corrected chi connectivity index (χ1v) is 10.7. The van der Waals surface area contributed by atoms with E-state index in [0.29, 0.717) is 10.6 Å². The third-order valence-electron chi connectivity index (χ3n) is 5.25. The van der Waals surface area contributed by atoms with Gasteiger partial charge in [0, 0.05) is 17.0 Å². The van der Waals surface area contributed by atoms with E-state index in [0.717, 1.165) is 17.0 Å². The number of nitrogens with zero attached hydrogens (tertiary/aromatic N) is 1. The maximum absolute atomic E-state index is 14.7. The number of sulfonamides is 1. The van der Waals surface area contributed by atoms with Crippen LogP contribution in [0, 0.1) is 19.7 Å². The van der Waals surface area contributed by atoms with Crippen LogP contribution in [0.3, 0.4) is 0 Å². The average molecular weight is 442 g/mol. The zero-order valence-corrected chi connectivity index (χ0v) is 18.0. The number of hydrogen-bond donors (Lipinski definition) is 0. The van der Waals surface area contributed by atoms with E-state index in [1.54, 1.807) is 19.9 Å². The van der Waals surface area contributed by atoms with Crippen molar-refractivity contribution in [1.29, 1.82) is 0 Å². The van der Waals surface area contributed by atoms with E-state index >= 15 is 0 Å². The number of rotatable bonds is 4. The second-order valence-corrected chi connectivity index (χ2v) is 9.21. The Kier molecular flexibility index (Phi) is 5.89. The number of hydrogen-bond acceptors (Lipinski definition) is 5. The van der Waals surface area contributed by atoms with Gasteiger partial charge in [0.05, 0.1) is 7.11 Å². The molecule has 1 aliphatic rings. The van der Waals surface area contributed by atoms with Gasteiger partial charge in [0.25, 0.3) is 0 Å². The van der Waals surface area contributed by atoms with E-state index in [1.807, 2.05) is 6.92 Å². The topological polar surface area (TPSA) is 72.9 Å². The normalized spacial score (nSPS) is 17.7. The van der Waals surface area contributed by atoms with Crippen LogP contribution in [-0.4, -0.2) is 38.6 Å². The first-order valence-electron chi connectivity index (χ1n) is 8.87. The second-order valence-electron chi connectivity index (χ2n) is 6.92. The van der Waals surface area contributed by atoms with Crippen LogP contribution >= 0.6 is 11.6 Å². The maximum Gasteiger partial charge on any atom is 0.324 e. The molecule has 29 heavy (non-hydrogen) atoms. The summed E-state index contributed by atoms with van der Waals surface area (Å²) in [6, 6.07) is 5.76. The van der Waals surface area contributed by atoms with Gasteiger partial charge in [-0.1, -0.05) is 24.6 Å². The van der Waals surface area contributed by atoms with Gasteiger partial charge in [-0.15, -0.1) is 4.31 Å². The van der Waals surface area contributed by atoms with Crippen molar-refractivity contribution in [2.24, 2.45) is 0 Å². The van der Waals surface area contributed by atoms with Crippen LogP contribution in [0.15, 0.2) is 35.2 Å². The number of halogens is 2. The van der Waals surface area contributed by atoms with E-state index in [2.05, 4.69) is 0 Å². The number of ether oxygens (including phenoxy) is 2. The quantitative estimate of drug-likeness (QED) is 0.675. The van der Waals surface area contributed by atoms with Crippen molar-refractivity contribution in [3.8, 4) is 5.75 Å². The lowest BCUT2D eigenvalue weighted by molar-refractivity contribution is -0.146. The lowest BCUT2D eigenvalue weighted by Gasteiger charge is -2.36. The Labute approximate surface area is 174 Å². The number of aryl methyl sites for hydroxylation is 1. The summed E-state index contributed by atoms with van der Waals surface area (Å²) in [4.78, 5) is 12.5. The lowest BCUT2D eigenvalue weighted by atomic mass is 9.87. The lowest BCUT2D eigenvalue weighted by Crippen LogP contribution is -2.51. The van der Waals surface area contributed by atoms with E-state index in [1.165, 1.54) is 24.3 Å². The number of carbonyl (C=O) groups is 1. The molecule has 156 valence electrons. The van der Waals surface area contributed by atoms with Gasteiger partial charge in [-0.3, -0.25) is 4.79 Å². The molecule has 0 aromatic heterocycles. The fourth-order valence-electron chi connectivity index (χ4n) is 3.58. The first-order chi connectivity index (χ1) is 13.6. The Balaban J connectivity index is 2.13. The van der Waals surface area contributed by atoms with Crippen molar-refractivity contribution in [3.05, 3.63) is 57.9 Å². The molecule has 2 atom stereocenters. The van der Waals surface area contributed by atoms with Gasteiger partial charge in [0.15, 0.2) is 6.73 Å². The highest BCUT2D eigenvalue weighted by molar-refractivity contribution is 7.89. The van der Waals surface area contributed by atoms with Crippen LogP contribution in [0.1, 0.15) is 29.5 Å². The van der Waals surface area contributed by atoms with Crippen molar-refractivity contribution < 1.29 is 27.1 Å². The summed E-state index contributed by atoms with van der Waals surface area (Å²) < 4.78 is 52.5. The van der Waals surface area contributed by atoms with Crippen molar-refractivity contribution >= 4 is 27.6 Å². The molecule has 0 fully saturated rings. The number of carbonyl (C=O) groups excluding carboxylic acids is 1. The Bertz CT molecular complexity index is 1070. The molecule has 2 aromatic carbocycles. The number of fused-ring (bicyclic) bond motifs is 1. The van der Waals surface area contributed by atoms with Gasteiger partial charge < -0.3 is 9.47 Å². The molecule has 9 heteroatoms. The van der Waals surface area contributed by atoms with Gasteiger partial charge in [0.1, 0.15) is 22.5 Å². The monoisotopic (exact) mass is 441 g/mol. The van der Waals surface area contributed by atoms with Crippen LogP contribution in [-0.2, 0) is 19.6 Å². The van der Waals surface area contributed by atoms with Crippen molar-refractivity contribution in [2.45, 2.75) is 37.6 Å². The largest absolute Gasteiger partial charge is 0.476 e. The van der Waals surface area contributed by atoms with Crippen LogP contribution in [0.4, 0.5) is 4.39 Å². The summed E-state index contributed by atoms with van der Waals surface area (Å²) in [5.41, 5.74) is 1.74. The number of benzene rings is 2. The fourth-order valence-corrected chi connectivity index (χ4v) is 5.37. The predicted octanol–water partition coefficient (Wildman–Crippen LogP) is 3.78. The molecular weight excluding hydrogens is 421 g/mol. The van der Waals surface area contributed by atoms with Crippen molar-refractivity contribution in [3.63, 3.8) is 0 Å². The molecule has 3 rings (SSSR count). The van der Waals surface area contributed by atoms with Crippen molar-refractivity contribution in [2.75, 3.05) is 13.8 Å². The molecule has 0 radical (unpaired) electrons. The van der Waals surface area contributed by atoms with Crippen molar-refractivity contribution in [1.82, 2.24) is 4.31 Å². The summed E-state index contributed by atoms with van der Waals surface area (Å²) in [5.74, 6) is -2.04. The zero-order valence-electron chi connectivity index (χ0n) is 16.4. The zero-order chi connectivity index (χ0) is 21.5. The Morgan fingerprint density at radius 3 is 2.62 bits per heavy atom. The number of esters is 1. The molecule has 0 N–H and O–H groups in total. The van der Waals surface area contributed by atoms with Gasteiger partial charge in [-0.05, 0) is 48.7 Å². The smallest absolute Gasteiger partial charge is 0.324 e. The SMILES string of the molecule is COC(=O)[C@H](C(C)c1c(F)ccc(C)c1C)N1COc2cc(Cl)ccc2S1(=O)=O. The minimum absolute atomic E-state index is 0.0999. The van der Waals surface area contributed by atoms with Crippen LogP contribution < -0.4 is 4.74 Å². The van der Waals surface area contributed by atoms with E-state index < -0.39 is 40.5 Å². The predicted molar refractivity (Wildman–Crippen MR) is 106 cm³/mol. The Hall–Kier alpha value is -2.16. The molecule has 0 saturated carbocycles. The maximum atomic E-state index is 14.7. The standard InChI is InChI=1S/C20H21ClFNO5S/c1-11-5-7-15(22)18(12(11)2)13(3)19(20(24)27-4)23-10-28-16-9-14(21)6-8-17(16)29(23,25)26/h5-9,13,19H,10H2,1-4H3/t13?,19-/m0/s1. The molecule has 0 spiro atoms. The van der Waals surface area contributed by atoms with Gasteiger partial charge >= 0.3 is 5.97 Å². The van der Waals surface area contributed by atoms with E-state index in [-0.39, 0.29) is 16.2 Å². The molecule has 2 aromatic rings. The summed E-state index contributed by atoms with van der Waals surface area (Å²) in [6.07, 6.45) is 0. The Morgan fingerprint density at radius 1 is 1.28 bits per heavy atom. The highest BCUT2D eigenvalue weighted by Crippen LogP contribution is 2.38. The van der Waals surface area contributed by atoms with Gasteiger partial charge in [-0.25, -0.2) is 12.8 Å². The molecule has 0 aliphatic carbocycles. The molecule has 0 bridgehead atoms. The molecule has 6 nitrogen and oxygen atoms in total. The molecular formula is C20H21ClFNO5S. The Morgan fingerprint density at radius 2 is 1.97 bits per heavy atom. The van der Waals surface area contributed by atoms with Gasteiger partial charge in [-0.2, -0.15) is 0 Å². The third-order valence-corrected chi connectivity index (χ3v) is 7.33. The fraction of sp³-hybridized carbons (Fsp3) is 0.350. The summed E-state index contributed by atoms with van der Waals surface area (Å²) in [6.45, 7) is 4.72. The third kappa shape index (κ3) is 3.72.